The maximum atomic E-state index is 14.6. The van der Waals surface area contributed by atoms with E-state index in [0.717, 1.165) is 47.5 Å². The molecule has 4 aromatic carbocycles. The third-order valence-electron chi connectivity index (χ3n) is 8.48. The highest BCUT2D eigenvalue weighted by molar-refractivity contribution is 7.92. The molecule has 0 heterocycles. The Hall–Kier alpha value is -4.14. The van der Waals surface area contributed by atoms with Crippen molar-refractivity contribution in [2.45, 2.75) is 69.0 Å². The highest BCUT2D eigenvalue weighted by atomic mass is 35.5. The molecule has 0 unspecified atom stereocenters. The molecule has 7 nitrogen and oxygen atoms in total. The zero-order chi connectivity index (χ0) is 32.5. The summed E-state index contributed by atoms with van der Waals surface area (Å²) in [5.74, 6) is -0.715. The Kier molecular flexibility index (Phi) is 11.1. The Balaban J connectivity index is 1.55. The quantitative estimate of drug-likeness (QED) is 0.179. The van der Waals surface area contributed by atoms with Gasteiger partial charge < -0.3 is 10.2 Å². The second kappa shape index (κ2) is 15.4. The first kappa shape index (κ1) is 33.2. The van der Waals surface area contributed by atoms with E-state index in [4.69, 9.17) is 11.6 Å². The van der Waals surface area contributed by atoms with Gasteiger partial charge in [-0.2, -0.15) is 0 Å². The molecule has 5 rings (SSSR count). The van der Waals surface area contributed by atoms with Crippen molar-refractivity contribution in [3.63, 3.8) is 0 Å². The Bertz CT molecular complexity index is 1710. The number of halogens is 1. The van der Waals surface area contributed by atoms with Gasteiger partial charge in [0.2, 0.25) is 11.8 Å². The number of aryl methyl sites for hydroxylation is 1. The Labute approximate surface area is 277 Å². The number of hydrogen-bond acceptors (Lipinski definition) is 4. The zero-order valence-corrected chi connectivity index (χ0v) is 27.6. The van der Waals surface area contributed by atoms with Crippen LogP contribution in [0.2, 0.25) is 5.02 Å². The first-order valence-corrected chi connectivity index (χ1v) is 17.6. The van der Waals surface area contributed by atoms with E-state index < -0.39 is 28.5 Å². The Morgan fingerprint density at radius 1 is 0.804 bits per heavy atom. The fourth-order valence-corrected chi connectivity index (χ4v) is 7.57. The lowest BCUT2D eigenvalue weighted by Crippen LogP contribution is -2.55. The van der Waals surface area contributed by atoms with E-state index in [1.54, 1.807) is 17.0 Å². The molecule has 1 aliphatic carbocycles. The molecule has 46 heavy (non-hydrogen) atoms. The maximum Gasteiger partial charge on any atom is 0.264 e. The number of carbonyl (C=O) groups is 2. The standard InChI is InChI=1S/C37H40ClN3O4S/c1-28-13-11-12-20-34(28)41(46(44,45)33-23-21-31(38)22-24-33)27-36(42)40(26-30-16-7-3-8-17-30)35(25-29-14-5-2-6-15-29)37(43)39-32-18-9-4-10-19-32/h2-3,5-8,11-17,20-24,32,35H,4,9-10,18-19,25-27H2,1H3,(H,39,43)/t35-/m1/s1. The molecule has 4 aromatic rings. The van der Waals surface area contributed by atoms with Crippen LogP contribution in [0.15, 0.2) is 114 Å². The number of anilines is 1. The van der Waals surface area contributed by atoms with Gasteiger partial charge in [0.15, 0.2) is 0 Å². The van der Waals surface area contributed by atoms with Crippen molar-refractivity contribution in [2.75, 3.05) is 10.8 Å². The predicted octanol–water partition coefficient (Wildman–Crippen LogP) is 6.93. The second-order valence-corrected chi connectivity index (χ2v) is 14.1. The van der Waals surface area contributed by atoms with Crippen LogP contribution in [0.25, 0.3) is 0 Å². The molecular formula is C37H40ClN3O4S. The van der Waals surface area contributed by atoms with Crippen molar-refractivity contribution < 1.29 is 18.0 Å². The van der Waals surface area contributed by atoms with Gasteiger partial charge >= 0.3 is 0 Å². The van der Waals surface area contributed by atoms with Crippen LogP contribution in [0.4, 0.5) is 5.69 Å². The molecular weight excluding hydrogens is 618 g/mol. The van der Waals surface area contributed by atoms with Crippen LogP contribution in [0.3, 0.4) is 0 Å². The minimum Gasteiger partial charge on any atom is -0.352 e. The first-order chi connectivity index (χ1) is 22.2. The summed E-state index contributed by atoms with van der Waals surface area (Å²) in [5, 5.41) is 3.64. The number of rotatable bonds is 12. The van der Waals surface area contributed by atoms with E-state index in [1.165, 1.54) is 24.3 Å². The van der Waals surface area contributed by atoms with Crippen molar-refractivity contribution in [3.05, 3.63) is 131 Å². The van der Waals surface area contributed by atoms with E-state index in [-0.39, 0.29) is 29.8 Å². The summed E-state index contributed by atoms with van der Waals surface area (Å²) in [4.78, 5) is 30.3. The normalized spacial score (nSPS) is 14.3. The predicted molar refractivity (Wildman–Crippen MR) is 183 cm³/mol. The molecule has 0 radical (unpaired) electrons. The van der Waals surface area contributed by atoms with Crippen molar-refractivity contribution in [2.24, 2.45) is 0 Å². The van der Waals surface area contributed by atoms with Crippen LogP contribution >= 0.6 is 11.6 Å². The molecule has 240 valence electrons. The van der Waals surface area contributed by atoms with Gasteiger partial charge in [-0.05, 0) is 66.8 Å². The molecule has 1 fully saturated rings. The minimum atomic E-state index is -4.20. The topological polar surface area (TPSA) is 86.8 Å². The fraction of sp³-hybridized carbons (Fsp3) is 0.297. The average Bonchev–Trinajstić information content (AvgIpc) is 3.07. The molecule has 2 amide bonds. The van der Waals surface area contributed by atoms with E-state index in [1.807, 2.05) is 79.7 Å². The molecule has 0 saturated heterocycles. The number of sulfonamides is 1. The maximum absolute atomic E-state index is 14.6. The second-order valence-electron chi connectivity index (χ2n) is 11.8. The summed E-state index contributed by atoms with van der Waals surface area (Å²) < 4.78 is 29.5. The van der Waals surface area contributed by atoms with Gasteiger partial charge in [-0.25, -0.2) is 8.42 Å². The lowest BCUT2D eigenvalue weighted by molar-refractivity contribution is -0.140. The van der Waals surface area contributed by atoms with Gasteiger partial charge in [0.25, 0.3) is 10.0 Å². The SMILES string of the molecule is Cc1ccccc1N(CC(=O)N(Cc1ccccc1)[C@H](Cc1ccccc1)C(=O)NC1CCCCC1)S(=O)(=O)c1ccc(Cl)cc1. The third-order valence-corrected chi connectivity index (χ3v) is 10.5. The summed E-state index contributed by atoms with van der Waals surface area (Å²) in [6, 6.07) is 31.2. The number of nitrogens with one attached hydrogen (secondary N) is 1. The summed E-state index contributed by atoms with van der Waals surface area (Å²) in [6.07, 6.45) is 5.33. The first-order valence-electron chi connectivity index (χ1n) is 15.7. The number of benzene rings is 4. The van der Waals surface area contributed by atoms with Gasteiger partial charge in [0.05, 0.1) is 10.6 Å². The monoisotopic (exact) mass is 657 g/mol. The van der Waals surface area contributed by atoms with Crippen LogP contribution in [0.1, 0.15) is 48.8 Å². The number of nitrogens with zero attached hydrogens (tertiary/aromatic N) is 2. The molecule has 0 aromatic heterocycles. The van der Waals surface area contributed by atoms with Gasteiger partial charge in [-0.3, -0.25) is 13.9 Å². The fourth-order valence-electron chi connectivity index (χ4n) is 5.97. The summed E-state index contributed by atoms with van der Waals surface area (Å²) in [5.41, 5.74) is 2.82. The third kappa shape index (κ3) is 8.36. The van der Waals surface area contributed by atoms with Gasteiger partial charge in [0.1, 0.15) is 12.6 Å². The molecule has 9 heteroatoms. The van der Waals surface area contributed by atoms with Gasteiger partial charge in [-0.1, -0.05) is 110 Å². The molecule has 1 N–H and O–H groups in total. The number of hydrogen-bond donors (Lipinski definition) is 1. The summed E-state index contributed by atoms with van der Waals surface area (Å²) in [7, 11) is -4.20. The lowest BCUT2D eigenvalue weighted by atomic mass is 9.94. The molecule has 0 aliphatic heterocycles. The minimum absolute atomic E-state index is 0.0124. The van der Waals surface area contributed by atoms with E-state index >= 15 is 0 Å². The zero-order valence-electron chi connectivity index (χ0n) is 26.0. The molecule has 0 bridgehead atoms. The van der Waals surface area contributed by atoms with Crippen LogP contribution in [0.5, 0.6) is 0 Å². The van der Waals surface area contributed by atoms with E-state index in [0.29, 0.717) is 16.3 Å². The highest BCUT2D eigenvalue weighted by Gasteiger charge is 2.35. The number of para-hydroxylation sites is 1. The number of carbonyl (C=O) groups excluding carboxylic acids is 2. The summed E-state index contributed by atoms with van der Waals surface area (Å²) in [6.45, 7) is 1.45. The molecule has 1 saturated carbocycles. The Morgan fingerprint density at radius 2 is 1.39 bits per heavy atom. The van der Waals surface area contributed by atoms with Crippen LogP contribution in [-0.2, 0) is 32.6 Å². The largest absolute Gasteiger partial charge is 0.352 e. The average molecular weight is 658 g/mol. The summed E-state index contributed by atoms with van der Waals surface area (Å²) >= 11 is 6.08. The molecule has 0 spiro atoms. The van der Waals surface area contributed by atoms with Gasteiger partial charge in [-0.15, -0.1) is 0 Å². The van der Waals surface area contributed by atoms with Gasteiger partial charge in [0, 0.05) is 24.0 Å². The van der Waals surface area contributed by atoms with Crippen molar-refractivity contribution >= 4 is 39.1 Å². The Morgan fingerprint density at radius 3 is 2.02 bits per heavy atom. The van der Waals surface area contributed by atoms with E-state index in [2.05, 4.69) is 5.32 Å². The van der Waals surface area contributed by atoms with Crippen LogP contribution in [0, 0.1) is 6.92 Å². The van der Waals surface area contributed by atoms with Crippen molar-refractivity contribution in [1.82, 2.24) is 10.2 Å². The molecule has 1 atom stereocenters. The lowest BCUT2D eigenvalue weighted by Gasteiger charge is -2.35. The number of amides is 2. The van der Waals surface area contributed by atoms with Crippen LogP contribution in [-0.4, -0.2) is 43.8 Å². The van der Waals surface area contributed by atoms with Crippen molar-refractivity contribution in [3.8, 4) is 0 Å². The van der Waals surface area contributed by atoms with Crippen LogP contribution < -0.4 is 9.62 Å². The van der Waals surface area contributed by atoms with Crippen molar-refractivity contribution in [1.29, 1.82) is 0 Å². The van der Waals surface area contributed by atoms with E-state index in [9.17, 15) is 18.0 Å². The smallest absolute Gasteiger partial charge is 0.264 e. The highest BCUT2D eigenvalue weighted by Crippen LogP contribution is 2.28. The molecule has 1 aliphatic rings.